The van der Waals surface area contributed by atoms with Gasteiger partial charge in [0.2, 0.25) is 0 Å². The largest absolute Gasteiger partial charge is 0.478 e. The molecule has 1 fully saturated rings. The lowest BCUT2D eigenvalue weighted by atomic mass is 9.97. The third kappa shape index (κ3) is 3.77. The number of ether oxygens (including phenoxy) is 3. The Hall–Kier alpha value is -3.46. The van der Waals surface area contributed by atoms with E-state index in [0.717, 1.165) is 18.6 Å². The lowest BCUT2D eigenvalue weighted by molar-refractivity contribution is -0.384. The lowest BCUT2D eigenvalue weighted by Crippen LogP contribution is -2.13. The van der Waals surface area contributed by atoms with Crippen LogP contribution in [0, 0.1) is 10.1 Å². The molecule has 1 saturated heterocycles. The lowest BCUT2D eigenvalue weighted by Gasteiger charge is -2.19. The van der Waals surface area contributed by atoms with Crippen LogP contribution < -0.4 is 9.47 Å². The summed E-state index contributed by atoms with van der Waals surface area (Å²) in [6.45, 7) is 1.32. The molecule has 0 amide bonds. The van der Waals surface area contributed by atoms with Gasteiger partial charge in [0.1, 0.15) is 11.5 Å². The zero-order valence-electron chi connectivity index (χ0n) is 15.6. The van der Waals surface area contributed by atoms with E-state index in [1.54, 1.807) is 0 Å². The van der Waals surface area contributed by atoms with Crippen LogP contribution in [0.2, 0.25) is 0 Å². The van der Waals surface area contributed by atoms with E-state index in [9.17, 15) is 14.9 Å². The van der Waals surface area contributed by atoms with E-state index in [1.165, 1.54) is 37.6 Å². The number of benzene rings is 1. The van der Waals surface area contributed by atoms with Crippen molar-refractivity contribution in [2.24, 2.45) is 0 Å². The van der Waals surface area contributed by atoms with Crippen LogP contribution >= 0.6 is 0 Å². The standard InChI is InChI=1S/C20H18N2O7/c1-26-19-18-15(10-17(29-18)12-6-8-27-9-7-12)16(11-21-19)20(23)28-14-4-2-13(3-5-14)22(24)25/h2-5,10-12H,6-9H2,1H3. The molecule has 1 aliphatic rings. The minimum absolute atomic E-state index is 0.0887. The molecule has 0 bridgehead atoms. The molecule has 29 heavy (non-hydrogen) atoms. The molecular weight excluding hydrogens is 380 g/mol. The van der Waals surface area contributed by atoms with Gasteiger partial charge in [0.15, 0.2) is 5.58 Å². The molecule has 150 valence electrons. The molecule has 3 aromatic rings. The Kier molecular flexibility index (Phi) is 5.13. The number of fused-ring (bicyclic) bond motifs is 1. The summed E-state index contributed by atoms with van der Waals surface area (Å²) < 4.78 is 22.0. The number of nitro groups is 1. The summed E-state index contributed by atoms with van der Waals surface area (Å²) in [6, 6.07) is 7.10. The summed E-state index contributed by atoms with van der Waals surface area (Å²) in [7, 11) is 1.48. The SMILES string of the molecule is COc1ncc(C(=O)Oc2ccc([N+](=O)[O-])cc2)c2cc(C3CCOCC3)oc12. The van der Waals surface area contributed by atoms with E-state index in [1.807, 2.05) is 6.07 Å². The van der Waals surface area contributed by atoms with Gasteiger partial charge in [0.25, 0.3) is 11.6 Å². The van der Waals surface area contributed by atoms with E-state index in [4.69, 9.17) is 18.6 Å². The van der Waals surface area contributed by atoms with Gasteiger partial charge >= 0.3 is 5.97 Å². The first-order valence-electron chi connectivity index (χ1n) is 9.07. The van der Waals surface area contributed by atoms with Crippen LogP contribution in [-0.4, -0.2) is 36.2 Å². The van der Waals surface area contributed by atoms with Crippen molar-refractivity contribution in [2.45, 2.75) is 18.8 Å². The number of esters is 1. The predicted octanol–water partition coefficient (Wildman–Crippen LogP) is 3.86. The van der Waals surface area contributed by atoms with Crippen LogP contribution in [0.25, 0.3) is 11.0 Å². The van der Waals surface area contributed by atoms with Gasteiger partial charge in [-0.1, -0.05) is 0 Å². The normalized spacial score (nSPS) is 14.7. The molecule has 0 spiro atoms. The average molecular weight is 398 g/mol. The van der Waals surface area contributed by atoms with Crippen LogP contribution in [0.3, 0.4) is 0 Å². The van der Waals surface area contributed by atoms with E-state index in [2.05, 4.69) is 4.98 Å². The molecule has 9 nitrogen and oxygen atoms in total. The summed E-state index contributed by atoms with van der Waals surface area (Å²) >= 11 is 0. The molecule has 0 unspecified atom stereocenters. The Morgan fingerprint density at radius 1 is 1.24 bits per heavy atom. The maximum absolute atomic E-state index is 12.7. The van der Waals surface area contributed by atoms with E-state index >= 15 is 0 Å². The molecular formula is C20H18N2O7. The number of nitro benzene ring substituents is 1. The fraction of sp³-hybridized carbons (Fsp3) is 0.300. The van der Waals surface area contributed by atoms with Crippen molar-refractivity contribution in [3.05, 3.63) is 58.0 Å². The fourth-order valence-electron chi connectivity index (χ4n) is 3.31. The van der Waals surface area contributed by atoms with Crippen LogP contribution in [0.5, 0.6) is 11.6 Å². The predicted molar refractivity (Wildman–Crippen MR) is 101 cm³/mol. The zero-order valence-corrected chi connectivity index (χ0v) is 15.6. The first-order chi connectivity index (χ1) is 14.1. The van der Waals surface area contributed by atoms with Gasteiger partial charge in [-0.15, -0.1) is 0 Å². The molecule has 0 aliphatic carbocycles. The maximum atomic E-state index is 12.7. The van der Waals surface area contributed by atoms with E-state index < -0.39 is 10.9 Å². The smallest absolute Gasteiger partial charge is 0.345 e. The summed E-state index contributed by atoms with van der Waals surface area (Å²) in [6.07, 6.45) is 3.04. The number of nitrogens with zero attached hydrogens (tertiary/aromatic N) is 2. The van der Waals surface area contributed by atoms with Crippen molar-refractivity contribution in [3.63, 3.8) is 0 Å². The molecule has 0 N–H and O–H groups in total. The van der Waals surface area contributed by atoms with Gasteiger partial charge in [-0.2, -0.15) is 0 Å². The van der Waals surface area contributed by atoms with Gasteiger partial charge in [-0.25, -0.2) is 9.78 Å². The number of hydrogen-bond donors (Lipinski definition) is 0. The fourth-order valence-corrected chi connectivity index (χ4v) is 3.31. The Morgan fingerprint density at radius 2 is 1.97 bits per heavy atom. The number of aromatic nitrogens is 1. The summed E-state index contributed by atoms with van der Waals surface area (Å²) in [5.41, 5.74) is 0.516. The first kappa shape index (κ1) is 18.9. The third-order valence-electron chi connectivity index (χ3n) is 4.84. The number of hydrogen-bond acceptors (Lipinski definition) is 8. The van der Waals surface area contributed by atoms with Crippen molar-refractivity contribution < 1.29 is 28.3 Å². The van der Waals surface area contributed by atoms with Crippen molar-refractivity contribution in [1.82, 2.24) is 4.98 Å². The summed E-state index contributed by atoms with van der Waals surface area (Å²) in [4.78, 5) is 27.1. The second kappa shape index (κ2) is 7.88. The second-order valence-corrected chi connectivity index (χ2v) is 6.60. The Balaban J connectivity index is 1.66. The quantitative estimate of drug-likeness (QED) is 0.275. The highest BCUT2D eigenvalue weighted by atomic mass is 16.6. The molecule has 1 aliphatic heterocycles. The molecule has 4 rings (SSSR count). The molecule has 2 aromatic heterocycles. The van der Waals surface area contributed by atoms with Crippen molar-refractivity contribution in [3.8, 4) is 11.6 Å². The van der Waals surface area contributed by atoms with Crippen molar-refractivity contribution in [2.75, 3.05) is 20.3 Å². The van der Waals surface area contributed by atoms with Gasteiger partial charge in [-0.3, -0.25) is 10.1 Å². The highest BCUT2D eigenvalue weighted by molar-refractivity contribution is 6.05. The number of pyridine rings is 1. The van der Waals surface area contributed by atoms with Crippen LogP contribution in [0.4, 0.5) is 5.69 Å². The number of carbonyl (C=O) groups is 1. The van der Waals surface area contributed by atoms with Gasteiger partial charge in [0, 0.05) is 42.8 Å². The van der Waals surface area contributed by atoms with E-state index in [-0.39, 0.29) is 28.8 Å². The average Bonchev–Trinajstić information content (AvgIpc) is 3.19. The first-order valence-corrected chi connectivity index (χ1v) is 9.07. The zero-order chi connectivity index (χ0) is 20.4. The molecule has 0 radical (unpaired) electrons. The summed E-state index contributed by atoms with van der Waals surface area (Å²) in [5, 5.41) is 11.3. The molecule has 0 atom stereocenters. The summed E-state index contributed by atoms with van der Waals surface area (Å²) in [5.74, 6) is 0.777. The Labute approximate surface area is 165 Å². The van der Waals surface area contributed by atoms with Crippen LogP contribution in [0.1, 0.15) is 34.9 Å². The van der Waals surface area contributed by atoms with Gasteiger partial charge in [0.05, 0.1) is 17.6 Å². The topological polar surface area (TPSA) is 114 Å². The monoisotopic (exact) mass is 398 g/mol. The second-order valence-electron chi connectivity index (χ2n) is 6.60. The van der Waals surface area contributed by atoms with Gasteiger partial charge < -0.3 is 18.6 Å². The minimum Gasteiger partial charge on any atom is -0.478 e. The Morgan fingerprint density at radius 3 is 2.62 bits per heavy atom. The maximum Gasteiger partial charge on any atom is 0.345 e. The molecule has 9 heteroatoms. The molecule has 1 aromatic carbocycles. The number of non-ortho nitro benzene ring substituents is 1. The minimum atomic E-state index is -0.640. The number of rotatable bonds is 5. The highest BCUT2D eigenvalue weighted by Crippen LogP contribution is 2.36. The third-order valence-corrected chi connectivity index (χ3v) is 4.84. The molecule has 3 heterocycles. The van der Waals surface area contributed by atoms with Crippen molar-refractivity contribution in [1.29, 1.82) is 0 Å². The molecule has 0 saturated carbocycles. The van der Waals surface area contributed by atoms with E-state index in [0.29, 0.717) is 24.2 Å². The van der Waals surface area contributed by atoms with Crippen molar-refractivity contribution >= 4 is 22.6 Å². The number of methoxy groups -OCH3 is 1. The highest BCUT2D eigenvalue weighted by Gasteiger charge is 2.25. The number of furan rings is 1. The Bertz CT molecular complexity index is 1050. The van der Waals surface area contributed by atoms with Gasteiger partial charge in [-0.05, 0) is 31.0 Å². The van der Waals surface area contributed by atoms with Crippen LogP contribution in [0.15, 0.2) is 40.9 Å². The number of carbonyl (C=O) groups excluding carboxylic acids is 1. The van der Waals surface area contributed by atoms with Crippen LogP contribution in [-0.2, 0) is 4.74 Å².